The van der Waals surface area contributed by atoms with E-state index in [2.05, 4.69) is 4.99 Å². The fourth-order valence-corrected chi connectivity index (χ4v) is 2.10. The molecule has 1 aromatic rings. The standard InChI is InChI=1S/C11H12N2OS/c14-11(10-4-2-1-3-5-10)8-15-13-7-6-12-9-13/h1-5,9H,6-8H2. The number of carbonyl (C=O) groups is 1. The summed E-state index contributed by atoms with van der Waals surface area (Å²) in [4.78, 5) is 15.8. The van der Waals surface area contributed by atoms with Gasteiger partial charge in [-0.15, -0.1) is 0 Å². The second-order valence-electron chi connectivity index (χ2n) is 3.22. The van der Waals surface area contributed by atoms with Gasteiger partial charge in [-0.05, 0) is 11.9 Å². The van der Waals surface area contributed by atoms with Crippen LogP contribution in [-0.2, 0) is 0 Å². The lowest BCUT2D eigenvalue weighted by Gasteiger charge is -2.10. The quantitative estimate of drug-likeness (QED) is 0.573. The van der Waals surface area contributed by atoms with Crippen molar-refractivity contribution in [2.24, 2.45) is 4.99 Å². The van der Waals surface area contributed by atoms with Crippen LogP contribution in [0.3, 0.4) is 0 Å². The van der Waals surface area contributed by atoms with Crippen LogP contribution in [0.2, 0.25) is 0 Å². The summed E-state index contributed by atoms with van der Waals surface area (Å²) < 4.78 is 2.00. The lowest BCUT2D eigenvalue weighted by atomic mass is 10.2. The minimum absolute atomic E-state index is 0.168. The van der Waals surface area contributed by atoms with Crippen molar-refractivity contribution in [3.8, 4) is 0 Å². The molecule has 0 saturated heterocycles. The molecule has 78 valence electrons. The average Bonchev–Trinajstić information content (AvgIpc) is 2.80. The SMILES string of the molecule is O=C(CSN1C=NCC1)c1ccccc1. The molecule has 1 aromatic carbocycles. The van der Waals surface area contributed by atoms with Crippen LogP contribution in [-0.4, -0.2) is 35.3 Å². The Balaban J connectivity index is 1.85. The number of rotatable bonds is 4. The van der Waals surface area contributed by atoms with Gasteiger partial charge in [0, 0.05) is 5.56 Å². The maximum atomic E-state index is 11.7. The highest BCUT2D eigenvalue weighted by Gasteiger charge is 2.10. The molecule has 1 heterocycles. The van der Waals surface area contributed by atoms with Crippen molar-refractivity contribution in [1.82, 2.24) is 4.31 Å². The number of carbonyl (C=O) groups excluding carboxylic acids is 1. The molecule has 0 N–H and O–H groups in total. The topological polar surface area (TPSA) is 32.7 Å². The van der Waals surface area contributed by atoms with E-state index in [1.165, 1.54) is 11.9 Å². The van der Waals surface area contributed by atoms with Crippen LogP contribution < -0.4 is 0 Å². The first-order chi connectivity index (χ1) is 7.36. The van der Waals surface area contributed by atoms with E-state index in [1.807, 2.05) is 34.6 Å². The summed E-state index contributed by atoms with van der Waals surface area (Å²) >= 11 is 1.52. The van der Waals surface area contributed by atoms with Crippen molar-refractivity contribution in [3.63, 3.8) is 0 Å². The Morgan fingerprint density at radius 2 is 2.20 bits per heavy atom. The maximum absolute atomic E-state index is 11.7. The molecule has 0 bridgehead atoms. The smallest absolute Gasteiger partial charge is 0.174 e. The van der Waals surface area contributed by atoms with E-state index in [-0.39, 0.29) is 5.78 Å². The Morgan fingerprint density at radius 1 is 1.40 bits per heavy atom. The molecule has 3 nitrogen and oxygen atoms in total. The van der Waals surface area contributed by atoms with E-state index in [1.54, 1.807) is 6.34 Å². The molecule has 1 aliphatic rings. The molecule has 0 spiro atoms. The number of hydrogen-bond donors (Lipinski definition) is 0. The van der Waals surface area contributed by atoms with Gasteiger partial charge >= 0.3 is 0 Å². The van der Waals surface area contributed by atoms with Crippen molar-refractivity contribution in [2.45, 2.75) is 0 Å². The molecule has 0 aromatic heterocycles. The summed E-state index contributed by atoms with van der Waals surface area (Å²) in [6, 6.07) is 9.38. The van der Waals surface area contributed by atoms with Crippen LogP contribution in [0.1, 0.15) is 10.4 Å². The predicted molar refractivity (Wildman–Crippen MR) is 63.3 cm³/mol. The highest BCUT2D eigenvalue weighted by atomic mass is 32.2. The summed E-state index contributed by atoms with van der Waals surface area (Å²) in [7, 11) is 0. The minimum Gasteiger partial charge on any atom is -0.305 e. The summed E-state index contributed by atoms with van der Waals surface area (Å²) in [5, 5.41) is 0. The molecule has 0 radical (unpaired) electrons. The molecule has 0 amide bonds. The predicted octanol–water partition coefficient (Wildman–Crippen LogP) is 1.86. The molecule has 0 atom stereocenters. The fraction of sp³-hybridized carbons (Fsp3) is 0.273. The van der Waals surface area contributed by atoms with Crippen molar-refractivity contribution >= 4 is 24.1 Å². The minimum atomic E-state index is 0.168. The monoisotopic (exact) mass is 220 g/mol. The van der Waals surface area contributed by atoms with E-state index < -0.39 is 0 Å². The summed E-state index contributed by atoms with van der Waals surface area (Å²) in [5.41, 5.74) is 0.779. The van der Waals surface area contributed by atoms with Gasteiger partial charge in [0.25, 0.3) is 0 Å². The van der Waals surface area contributed by atoms with Crippen LogP contribution >= 0.6 is 11.9 Å². The molecule has 2 rings (SSSR count). The van der Waals surface area contributed by atoms with Crippen molar-refractivity contribution in [3.05, 3.63) is 35.9 Å². The number of ketones is 1. The molecule has 4 heteroatoms. The summed E-state index contributed by atoms with van der Waals surface area (Å²) in [6.07, 6.45) is 1.79. The Hall–Kier alpha value is -1.29. The lowest BCUT2D eigenvalue weighted by molar-refractivity contribution is 0.102. The van der Waals surface area contributed by atoms with Crippen LogP contribution in [0, 0.1) is 0 Å². The highest BCUT2D eigenvalue weighted by molar-refractivity contribution is 7.98. The molecule has 0 unspecified atom stereocenters. The van der Waals surface area contributed by atoms with Crippen LogP contribution in [0.15, 0.2) is 35.3 Å². The number of Topliss-reactive ketones (excluding diaryl/α,β-unsaturated/α-hetero) is 1. The summed E-state index contributed by atoms with van der Waals surface area (Å²) in [6.45, 7) is 1.75. The van der Waals surface area contributed by atoms with Gasteiger partial charge in [0.15, 0.2) is 5.78 Å². The van der Waals surface area contributed by atoms with Crippen molar-refractivity contribution in [1.29, 1.82) is 0 Å². The first-order valence-corrected chi connectivity index (χ1v) is 5.78. The first-order valence-electron chi connectivity index (χ1n) is 4.84. The van der Waals surface area contributed by atoms with Gasteiger partial charge in [0.1, 0.15) is 0 Å². The first kappa shape index (κ1) is 10.2. The van der Waals surface area contributed by atoms with Gasteiger partial charge in [-0.25, -0.2) is 0 Å². The zero-order chi connectivity index (χ0) is 10.5. The molecular weight excluding hydrogens is 208 g/mol. The molecule has 0 saturated carbocycles. The highest BCUT2D eigenvalue weighted by Crippen LogP contribution is 2.13. The fourth-order valence-electron chi connectivity index (χ4n) is 1.31. The number of benzene rings is 1. The van der Waals surface area contributed by atoms with Gasteiger partial charge in [0.2, 0.25) is 0 Å². The maximum Gasteiger partial charge on any atom is 0.174 e. The Labute approximate surface area is 93.3 Å². The number of nitrogens with zero attached hydrogens (tertiary/aromatic N) is 2. The Kier molecular flexibility index (Phi) is 3.40. The van der Waals surface area contributed by atoms with Gasteiger partial charge in [-0.1, -0.05) is 30.3 Å². The number of aliphatic imine (C=N–C) groups is 1. The van der Waals surface area contributed by atoms with Crippen LogP contribution in [0.25, 0.3) is 0 Å². The molecule has 0 aliphatic carbocycles. The van der Waals surface area contributed by atoms with E-state index in [4.69, 9.17) is 0 Å². The molecule has 0 fully saturated rings. The third-order valence-corrected chi connectivity index (χ3v) is 3.12. The largest absolute Gasteiger partial charge is 0.305 e. The van der Waals surface area contributed by atoms with Crippen LogP contribution in [0.5, 0.6) is 0 Å². The zero-order valence-electron chi connectivity index (χ0n) is 8.30. The molecule has 15 heavy (non-hydrogen) atoms. The number of hydrogen-bond acceptors (Lipinski definition) is 4. The lowest BCUT2D eigenvalue weighted by Crippen LogP contribution is -2.14. The van der Waals surface area contributed by atoms with Crippen molar-refractivity contribution < 1.29 is 4.79 Å². The van der Waals surface area contributed by atoms with Crippen molar-refractivity contribution in [2.75, 3.05) is 18.8 Å². The second kappa shape index (κ2) is 4.98. The molecular formula is C11H12N2OS. The Morgan fingerprint density at radius 3 is 2.87 bits per heavy atom. The third kappa shape index (κ3) is 2.83. The van der Waals surface area contributed by atoms with Gasteiger partial charge < -0.3 is 4.31 Å². The second-order valence-corrected chi connectivity index (χ2v) is 4.24. The zero-order valence-corrected chi connectivity index (χ0v) is 9.11. The van der Waals surface area contributed by atoms with Gasteiger partial charge in [-0.2, -0.15) is 0 Å². The summed E-state index contributed by atoms with van der Waals surface area (Å²) in [5.74, 6) is 0.650. The van der Waals surface area contributed by atoms with E-state index >= 15 is 0 Å². The van der Waals surface area contributed by atoms with E-state index in [0.717, 1.165) is 18.7 Å². The Bertz CT molecular complexity index is 364. The van der Waals surface area contributed by atoms with Crippen LogP contribution in [0.4, 0.5) is 0 Å². The van der Waals surface area contributed by atoms with E-state index in [9.17, 15) is 4.79 Å². The van der Waals surface area contributed by atoms with Gasteiger partial charge in [0.05, 0.1) is 25.2 Å². The van der Waals surface area contributed by atoms with E-state index in [0.29, 0.717) is 5.75 Å². The average molecular weight is 220 g/mol. The third-order valence-electron chi connectivity index (χ3n) is 2.12. The normalized spacial score (nSPS) is 14.5. The molecule has 1 aliphatic heterocycles. The van der Waals surface area contributed by atoms with Gasteiger partial charge in [-0.3, -0.25) is 9.79 Å².